The number of amides is 2. The van der Waals surface area contributed by atoms with Crippen molar-refractivity contribution in [3.63, 3.8) is 0 Å². The van der Waals surface area contributed by atoms with Gasteiger partial charge in [0.2, 0.25) is 0 Å². The molecule has 0 saturated carbocycles. The Morgan fingerprint density at radius 2 is 1.86 bits per heavy atom. The molecule has 1 atom stereocenters. The lowest BCUT2D eigenvalue weighted by atomic mass is 10.1. The van der Waals surface area contributed by atoms with Crippen LogP contribution in [-0.4, -0.2) is 40.6 Å². The van der Waals surface area contributed by atoms with Crippen molar-refractivity contribution in [3.8, 4) is 5.75 Å². The molecule has 5 heteroatoms. The molecule has 0 fully saturated rings. The maximum atomic E-state index is 12.9. The largest absolute Gasteiger partial charge is 0.499 e. The molecule has 0 radical (unpaired) electrons. The Morgan fingerprint density at radius 1 is 1.23 bits per heavy atom. The second-order valence-electron chi connectivity index (χ2n) is 5.98. The van der Waals surface area contributed by atoms with Crippen LogP contribution in [0.25, 0.3) is 0 Å². The number of methoxy groups -OCH3 is 1. The van der Waals surface area contributed by atoms with Gasteiger partial charge in [0.15, 0.2) is 0 Å². The van der Waals surface area contributed by atoms with Crippen molar-refractivity contribution >= 4 is 11.9 Å². The van der Waals surface area contributed by atoms with Gasteiger partial charge in [-0.1, -0.05) is 12.1 Å². The molecule has 5 nitrogen and oxygen atoms in total. The molecule has 0 aromatic heterocycles. The first-order valence-electron chi connectivity index (χ1n) is 7.63. The zero-order chi connectivity index (χ0) is 16.4. The van der Waals surface area contributed by atoms with E-state index in [1.165, 1.54) is 0 Å². The molecule has 22 heavy (non-hydrogen) atoms. The zero-order valence-corrected chi connectivity index (χ0v) is 14.2. The van der Waals surface area contributed by atoms with E-state index in [9.17, 15) is 4.79 Å². The highest BCUT2D eigenvalue weighted by Crippen LogP contribution is 2.34. The van der Waals surface area contributed by atoms with E-state index in [0.29, 0.717) is 5.90 Å². The van der Waals surface area contributed by atoms with E-state index in [4.69, 9.17) is 9.47 Å². The number of hydrogen-bond donors (Lipinski definition) is 0. The van der Waals surface area contributed by atoms with Crippen LogP contribution in [0.4, 0.5) is 4.79 Å². The fourth-order valence-electron chi connectivity index (χ4n) is 2.79. The molecular formula is C17H25N2O3+. The molecule has 120 valence electrons. The third kappa shape index (κ3) is 2.80. The first-order valence-corrected chi connectivity index (χ1v) is 7.63. The number of benzene rings is 1. The topological polar surface area (TPSA) is 41.8 Å². The highest BCUT2D eigenvalue weighted by atomic mass is 16.5. The summed E-state index contributed by atoms with van der Waals surface area (Å²) in [6, 6.07) is 7.67. The van der Waals surface area contributed by atoms with Gasteiger partial charge in [-0.15, -0.1) is 0 Å². The molecule has 0 saturated heterocycles. The van der Waals surface area contributed by atoms with Crippen LogP contribution in [-0.2, 0) is 4.74 Å². The lowest BCUT2D eigenvalue weighted by Gasteiger charge is -2.34. The van der Waals surface area contributed by atoms with Crippen molar-refractivity contribution in [1.82, 2.24) is 4.90 Å². The summed E-state index contributed by atoms with van der Waals surface area (Å²) in [6.45, 7) is 9.77. The Balaban J connectivity index is 2.54. The number of nitrogens with zero attached hydrogens (tertiary/aromatic N) is 2. The number of carbonyl (C=O) groups excluding carboxylic acids is 1. The van der Waals surface area contributed by atoms with E-state index in [1.54, 1.807) is 16.6 Å². The van der Waals surface area contributed by atoms with E-state index in [0.717, 1.165) is 11.3 Å². The monoisotopic (exact) mass is 305 g/mol. The van der Waals surface area contributed by atoms with E-state index < -0.39 is 6.23 Å². The molecule has 0 bridgehead atoms. The van der Waals surface area contributed by atoms with Gasteiger partial charge in [-0.25, -0.2) is 0 Å². The standard InChI is InChI=1S/C17H25N2O3/c1-11(2)18-13(5)22-16(19(12(3)4)17(18)20)14-9-7-8-10-15(14)21-6/h7-12,16H,1-6H3/q+1. The Hall–Kier alpha value is -2.04. The summed E-state index contributed by atoms with van der Waals surface area (Å²) in [6.07, 6.45) is -0.473. The molecule has 2 rings (SSSR count). The number of carbonyl (C=O) groups is 1. The number of rotatable bonds is 4. The van der Waals surface area contributed by atoms with Crippen molar-refractivity contribution in [1.29, 1.82) is 0 Å². The highest BCUT2D eigenvalue weighted by Gasteiger charge is 2.46. The average molecular weight is 305 g/mol. The SMILES string of the molecule is COc1ccccc1C1OC(C)=[N+](C(C)C)C(=O)N1C(C)C. The van der Waals surface area contributed by atoms with Crippen LogP contribution in [0.1, 0.15) is 46.4 Å². The summed E-state index contributed by atoms with van der Waals surface area (Å²) in [7, 11) is 1.63. The van der Waals surface area contributed by atoms with Gasteiger partial charge in [-0.2, -0.15) is 14.3 Å². The Kier molecular flexibility index (Phi) is 4.74. The summed E-state index contributed by atoms with van der Waals surface area (Å²) >= 11 is 0. The van der Waals surface area contributed by atoms with Gasteiger partial charge >= 0.3 is 6.03 Å². The van der Waals surface area contributed by atoms with Gasteiger partial charge in [0, 0.05) is 6.92 Å². The van der Waals surface area contributed by atoms with Crippen LogP contribution >= 0.6 is 0 Å². The predicted octanol–water partition coefficient (Wildman–Crippen LogP) is 3.39. The van der Waals surface area contributed by atoms with E-state index in [-0.39, 0.29) is 18.1 Å². The number of hydrogen-bond acceptors (Lipinski definition) is 3. The minimum atomic E-state index is -0.473. The molecule has 2 amide bonds. The molecule has 0 N–H and O–H groups in total. The van der Waals surface area contributed by atoms with Crippen molar-refractivity contribution in [3.05, 3.63) is 29.8 Å². The molecule has 1 aromatic carbocycles. The van der Waals surface area contributed by atoms with Gasteiger partial charge in [-0.05, 0) is 39.8 Å². The van der Waals surface area contributed by atoms with Gasteiger partial charge in [0.05, 0.1) is 18.7 Å². The van der Waals surface area contributed by atoms with Crippen molar-refractivity contribution in [2.24, 2.45) is 0 Å². The van der Waals surface area contributed by atoms with E-state index >= 15 is 0 Å². The number of urea groups is 1. The van der Waals surface area contributed by atoms with E-state index in [1.807, 2.05) is 58.9 Å². The van der Waals surface area contributed by atoms with Crippen molar-refractivity contribution in [2.45, 2.75) is 52.9 Å². The molecule has 1 heterocycles. The summed E-state index contributed by atoms with van der Waals surface area (Å²) in [5.41, 5.74) is 0.856. The van der Waals surface area contributed by atoms with Gasteiger partial charge < -0.3 is 9.47 Å². The maximum absolute atomic E-state index is 12.9. The van der Waals surface area contributed by atoms with Gasteiger partial charge in [0.25, 0.3) is 12.1 Å². The Bertz CT molecular complexity index is 593. The first-order chi connectivity index (χ1) is 10.4. The molecule has 1 aliphatic rings. The van der Waals surface area contributed by atoms with Crippen LogP contribution in [0.3, 0.4) is 0 Å². The summed E-state index contributed by atoms with van der Waals surface area (Å²) < 4.78 is 13.2. The van der Waals surface area contributed by atoms with E-state index in [2.05, 4.69) is 0 Å². The molecule has 0 spiro atoms. The molecule has 1 aliphatic heterocycles. The predicted molar refractivity (Wildman–Crippen MR) is 85.3 cm³/mol. The summed E-state index contributed by atoms with van der Waals surface area (Å²) in [4.78, 5) is 14.7. The molecule has 1 aromatic rings. The fourth-order valence-corrected chi connectivity index (χ4v) is 2.79. The highest BCUT2D eigenvalue weighted by molar-refractivity contribution is 5.80. The minimum absolute atomic E-state index is 0.0109. The van der Waals surface area contributed by atoms with Gasteiger partial charge in [0.1, 0.15) is 11.8 Å². The third-order valence-corrected chi connectivity index (χ3v) is 3.78. The van der Waals surface area contributed by atoms with Crippen LogP contribution in [0, 0.1) is 0 Å². The molecule has 0 aliphatic carbocycles. The van der Waals surface area contributed by atoms with Crippen molar-refractivity contribution < 1.29 is 18.8 Å². The first kappa shape index (κ1) is 16.3. The number of ether oxygens (including phenoxy) is 2. The summed E-state index contributed by atoms with van der Waals surface area (Å²) in [5, 5.41) is 0. The van der Waals surface area contributed by atoms with Crippen LogP contribution in [0.15, 0.2) is 24.3 Å². The minimum Gasteiger partial charge on any atom is -0.496 e. The maximum Gasteiger partial charge on any atom is 0.499 e. The Labute approximate surface area is 132 Å². The molecule has 1 unspecified atom stereocenters. The third-order valence-electron chi connectivity index (χ3n) is 3.78. The normalized spacial score (nSPS) is 19.0. The van der Waals surface area contributed by atoms with Crippen LogP contribution in [0.2, 0.25) is 0 Å². The fraction of sp³-hybridized carbons (Fsp3) is 0.529. The van der Waals surface area contributed by atoms with Crippen LogP contribution < -0.4 is 4.74 Å². The number of para-hydroxylation sites is 1. The zero-order valence-electron chi connectivity index (χ0n) is 14.2. The van der Waals surface area contributed by atoms with Gasteiger partial charge in [-0.3, -0.25) is 0 Å². The van der Waals surface area contributed by atoms with Crippen LogP contribution in [0.5, 0.6) is 5.75 Å². The second kappa shape index (κ2) is 6.38. The smallest absolute Gasteiger partial charge is 0.496 e. The Morgan fingerprint density at radius 3 is 2.41 bits per heavy atom. The molecular weight excluding hydrogens is 280 g/mol. The summed E-state index contributed by atoms with van der Waals surface area (Å²) in [5.74, 6) is 1.34. The lowest BCUT2D eigenvalue weighted by Crippen LogP contribution is -2.53. The van der Waals surface area contributed by atoms with Crippen molar-refractivity contribution in [2.75, 3.05) is 7.11 Å². The second-order valence-corrected chi connectivity index (χ2v) is 5.98. The average Bonchev–Trinajstić information content (AvgIpc) is 2.45. The quantitative estimate of drug-likeness (QED) is 0.801. The lowest BCUT2D eigenvalue weighted by molar-refractivity contribution is -0.496.